The fraction of sp³-hybridized carbons (Fsp3) is 0.121. The van der Waals surface area contributed by atoms with Gasteiger partial charge in [0.1, 0.15) is 10.6 Å². The van der Waals surface area contributed by atoms with Gasteiger partial charge in [-0.15, -0.1) is 0 Å². The summed E-state index contributed by atoms with van der Waals surface area (Å²) in [6.45, 7) is 0.169. The van der Waals surface area contributed by atoms with Crippen molar-refractivity contribution in [2.24, 2.45) is 0 Å². The highest BCUT2D eigenvalue weighted by atomic mass is 35.5. The molecule has 0 bridgehead atoms. The number of benzene rings is 4. The fourth-order valence-corrected chi connectivity index (χ4v) is 7.24. The molecule has 9 nitrogen and oxygen atoms in total. The number of para-hydroxylation sites is 2. The highest BCUT2D eigenvalue weighted by Gasteiger charge is 2.60. The van der Waals surface area contributed by atoms with Crippen LogP contribution in [0.4, 0.5) is 10.5 Å². The second kappa shape index (κ2) is 11.3. The van der Waals surface area contributed by atoms with Crippen LogP contribution in [0, 0.1) is 0 Å². The van der Waals surface area contributed by atoms with Gasteiger partial charge in [0.05, 0.1) is 23.9 Å². The molecule has 44 heavy (non-hydrogen) atoms. The molecule has 2 heterocycles. The SMILES string of the molecule is COc1ccccc1C1(OC(=O)N(C)Cc2ccccc2)C(=O)N(S(=O)(=O)c2cccc3cccnc23)c2ccc(Cl)cc21. The van der Waals surface area contributed by atoms with Gasteiger partial charge in [0.15, 0.2) is 0 Å². The third-order valence-corrected chi connectivity index (χ3v) is 9.42. The summed E-state index contributed by atoms with van der Waals surface area (Å²) in [5, 5.41) is 0.775. The number of rotatable bonds is 7. The monoisotopic (exact) mass is 627 g/mol. The number of methoxy groups -OCH3 is 1. The molecule has 5 aromatic rings. The minimum atomic E-state index is -4.61. The summed E-state index contributed by atoms with van der Waals surface area (Å²) in [6, 6.07) is 28.2. The second-order valence-corrected chi connectivity index (χ2v) is 12.3. The predicted molar refractivity (Wildman–Crippen MR) is 166 cm³/mol. The maximum absolute atomic E-state index is 14.9. The Hall–Kier alpha value is -4.93. The van der Waals surface area contributed by atoms with E-state index in [4.69, 9.17) is 21.1 Å². The van der Waals surface area contributed by atoms with Crippen molar-refractivity contribution in [1.29, 1.82) is 0 Å². The molecule has 0 saturated heterocycles. The molecule has 11 heteroatoms. The number of carbonyl (C=O) groups is 2. The van der Waals surface area contributed by atoms with E-state index in [2.05, 4.69) is 4.98 Å². The highest BCUT2D eigenvalue weighted by Crippen LogP contribution is 2.52. The number of aromatic nitrogens is 1. The number of nitrogens with zero attached hydrogens (tertiary/aromatic N) is 3. The van der Waals surface area contributed by atoms with Gasteiger partial charge in [-0.3, -0.25) is 9.78 Å². The summed E-state index contributed by atoms with van der Waals surface area (Å²) in [5.74, 6) is -0.829. The molecule has 2 amide bonds. The van der Waals surface area contributed by atoms with Crippen LogP contribution in [0.3, 0.4) is 0 Å². The number of anilines is 1. The Morgan fingerprint density at radius 3 is 2.43 bits per heavy atom. The van der Waals surface area contributed by atoms with E-state index in [0.29, 0.717) is 9.69 Å². The summed E-state index contributed by atoms with van der Waals surface area (Å²) >= 11 is 6.45. The van der Waals surface area contributed by atoms with Crippen LogP contribution in [0.25, 0.3) is 10.9 Å². The third-order valence-electron chi connectivity index (χ3n) is 7.46. The van der Waals surface area contributed by atoms with Crippen molar-refractivity contribution in [1.82, 2.24) is 9.88 Å². The maximum atomic E-state index is 14.9. The van der Waals surface area contributed by atoms with Gasteiger partial charge in [0.25, 0.3) is 15.9 Å². The van der Waals surface area contributed by atoms with Gasteiger partial charge in [-0.1, -0.05) is 78.3 Å². The molecule has 0 fully saturated rings. The van der Waals surface area contributed by atoms with Crippen LogP contribution in [-0.2, 0) is 31.7 Å². The van der Waals surface area contributed by atoms with E-state index < -0.39 is 27.6 Å². The highest BCUT2D eigenvalue weighted by molar-refractivity contribution is 7.93. The summed E-state index contributed by atoms with van der Waals surface area (Å²) in [5.41, 5.74) is -1.08. The third kappa shape index (κ3) is 4.72. The lowest BCUT2D eigenvalue weighted by atomic mass is 9.86. The van der Waals surface area contributed by atoms with Crippen LogP contribution in [0.5, 0.6) is 5.75 Å². The number of ether oxygens (including phenoxy) is 2. The van der Waals surface area contributed by atoms with E-state index in [1.807, 2.05) is 30.3 Å². The minimum absolute atomic E-state index is 0.0169. The molecule has 1 atom stereocenters. The van der Waals surface area contributed by atoms with Crippen molar-refractivity contribution >= 4 is 50.2 Å². The van der Waals surface area contributed by atoms with Gasteiger partial charge < -0.3 is 14.4 Å². The Morgan fingerprint density at radius 1 is 0.932 bits per heavy atom. The number of halogens is 1. The second-order valence-electron chi connectivity index (χ2n) is 10.2. The molecule has 0 N–H and O–H groups in total. The van der Waals surface area contributed by atoms with Gasteiger partial charge in [-0.05, 0) is 42.0 Å². The van der Waals surface area contributed by atoms with Gasteiger partial charge in [-0.2, -0.15) is 4.31 Å². The van der Waals surface area contributed by atoms with Gasteiger partial charge in [-0.25, -0.2) is 13.2 Å². The summed E-state index contributed by atoms with van der Waals surface area (Å²) in [6.07, 6.45) is 0.606. The first-order chi connectivity index (χ1) is 21.2. The van der Waals surface area contributed by atoms with Crippen LogP contribution in [0.2, 0.25) is 5.02 Å². The molecule has 1 aliphatic rings. The van der Waals surface area contributed by atoms with Crippen molar-refractivity contribution < 1.29 is 27.5 Å². The zero-order chi connectivity index (χ0) is 31.1. The Balaban J connectivity index is 1.56. The van der Waals surface area contributed by atoms with Crippen molar-refractivity contribution in [2.75, 3.05) is 18.5 Å². The molecule has 0 aliphatic carbocycles. The molecule has 1 aromatic heterocycles. The summed E-state index contributed by atoms with van der Waals surface area (Å²) < 4.78 is 41.4. The van der Waals surface area contributed by atoms with E-state index in [1.165, 1.54) is 49.5 Å². The van der Waals surface area contributed by atoms with Crippen LogP contribution < -0.4 is 9.04 Å². The molecule has 0 saturated carbocycles. The van der Waals surface area contributed by atoms with Gasteiger partial charge in [0, 0.05) is 35.8 Å². The van der Waals surface area contributed by atoms with Crippen LogP contribution in [-0.4, -0.2) is 44.5 Å². The van der Waals surface area contributed by atoms with Gasteiger partial charge in [0.2, 0.25) is 5.60 Å². The maximum Gasteiger partial charge on any atom is 0.411 e. The quantitative estimate of drug-likeness (QED) is 0.213. The molecule has 222 valence electrons. The number of carbonyl (C=O) groups excluding carboxylic acids is 2. The number of hydrogen-bond donors (Lipinski definition) is 0. The van der Waals surface area contributed by atoms with Crippen molar-refractivity contribution in [3.8, 4) is 5.75 Å². The van der Waals surface area contributed by atoms with E-state index in [1.54, 1.807) is 48.5 Å². The molecule has 4 aromatic carbocycles. The number of sulfonamides is 1. The normalized spacial score (nSPS) is 16.1. The minimum Gasteiger partial charge on any atom is -0.496 e. The first-order valence-corrected chi connectivity index (χ1v) is 15.4. The van der Waals surface area contributed by atoms with Crippen molar-refractivity contribution in [3.05, 3.63) is 131 Å². The van der Waals surface area contributed by atoms with Crippen LogP contribution in [0.1, 0.15) is 16.7 Å². The standard InChI is InChI=1S/C33H26ClN3O6S/c1-36(21-22-10-4-3-5-11-22)32(39)43-33(25-14-6-7-15-28(25)42-2)26-20-24(34)17-18-27(26)37(31(33)38)44(40,41)29-16-8-12-23-13-9-19-35-30(23)29/h3-20H,21H2,1-2H3. The number of hydrogen-bond acceptors (Lipinski definition) is 7. The molecule has 6 rings (SSSR count). The van der Waals surface area contributed by atoms with E-state index in [-0.39, 0.29) is 44.5 Å². The summed E-state index contributed by atoms with van der Waals surface area (Å²) in [7, 11) is -1.68. The molecule has 1 aliphatic heterocycles. The fourth-order valence-electron chi connectivity index (χ4n) is 5.44. The first kappa shape index (κ1) is 29.2. The Labute approximate surface area is 259 Å². The molecule has 0 radical (unpaired) electrons. The Bertz CT molecular complexity index is 2020. The van der Waals surface area contributed by atoms with E-state index in [0.717, 1.165) is 5.56 Å². The lowest BCUT2D eigenvalue weighted by Crippen LogP contribution is -2.48. The molecule has 1 unspecified atom stereocenters. The lowest BCUT2D eigenvalue weighted by Gasteiger charge is -2.32. The molecular weight excluding hydrogens is 602 g/mol. The largest absolute Gasteiger partial charge is 0.496 e. The Kier molecular flexibility index (Phi) is 7.48. The summed E-state index contributed by atoms with van der Waals surface area (Å²) in [4.78, 5) is 34.1. The number of amides is 2. The molecule has 0 spiro atoms. The zero-order valence-electron chi connectivity index (χ0n) is 23.7. The first-order valence-electron chi connectivity index (χ1n) is 13.5. The van der Waals surface area contributed by atoms with Gasteiger partial charge >= 0.3 is 6.09 Å². The van der Waals surface area contributed by atoms with E-state index >= 15 is 0 Å². The predicted octanol–water partition coefficient (Wildman–Crippen LogP) is 6.14. The van der Waals surface area contributed by atoms with Crippen LogP contribution in [0.15, 0.2) is 114 Å². The van der Waals surface area contributed by atoms with Crippen molar-refractivity contribution in [3.63, 3.8) is 0 Å². The smallest absolute Gasteiger partial charge is 0.411 e. The molecular formula is C33H26ClN3O6S. The van der Waals surface area contributed by atoms with Crippen molar-refractivity contribution in [2.45, 2.75) is 17.0 Å². The number of fused-ring (bicyclic) bond motifs is 2. The average molecular weight is 628 g/mol. The van der Waals surface area contributed by atoms with Crippen LogP contribution >= 0.6 is 11.6 Å². The van der Waals surface area contributed by atoms with E-state index in [9.17, 15) is 18.0 Å². The lowest BCUT2D eigenvalue weighted by molar-refractivity contribution is -0.132. The zero-order valence-corrected chi connectivity index (χ0v) is 25.2. The Morgan fingerprint density at radius 2 is 1.66 bits per heavy atom. The average Bonchev–Trinajstić information content (AvgIpc) is 3.28. The topological polar surface area (TPSA) is 106 Å². The number of pyridine rings is 1.